The van der Waals surface area contributed by atoms with Gasteiger partial charge < -0.3 is 5.32 Å². The standard InChI is InChI=1S/C13H10ClN5OS/c1-7(20)16-8-2-4-9(5-3-8)21-12-10-6-15-19-11(10)17-13(14)18-12/h2-6H,1H3,(H,16,20)(H,15,17,18,19). The van der Waals surface area contributed by atoms with Gasteiger partial charge in [-0.25, -0.2) is 4.98 Å². The number of carbonyl (C=O) groups excluding carboxylic acids is 1. The predicted octanol–water partition coefficient (Wildman–Crippen LogP) is 3.12. The second-order valence-electron chi connectivity index (χ2n) is 4.24. The molecular formula is C13H10ClN5OS. The number of nitrogens with one attached hydrogen (secondary N) is 2. The van der Waals surface area contributed by atoms with Crippen molar-refractivity contribution >= 4 is 46.0 Å². The summed E-state index contributed by atoms with van der Waals surface area (Å²) in [6, 6.07) is 7.47. The minimum Gasteiger partial charge on any atom is -0.326 e. The lowest BCUT2D eigenvalue weighted by atomic mass is 10.3. The summed E-state index contributed by atoms with van der Waals surface area (Å²) in [7, 11) is 0. The maximum atomic E-state index is 11.0. The lowest BCUT2D eigenvalue weighted by Crippen LogP contribution is -2.05. The number of carbonyl (C=O) groups is 1. The van der Waals surface area contributed by atoms with Crippen LogP contribution < -0.4 is 5.32 Å². The van der Waals surface area contributed by atoms with E-state index in [1.54, 1.807) is 6.20 Å². The largest absolute Gasteiger partial charge is 0.326 e. The number of anilines is 1. The SMILES string of the molecule is CC(=O)Nc1ccc(Sc2nc(Cl)nc3[nH]ncc23)cc1. The maximum Gasteiger partial charge on any atom is 0.225 e. The highest BCUT2D eigenvalue weighted by Crippen LogP contribution is 2.32. The molecule has 106 valence electrons. The van der Waals surface area contributed by atoms with Crippen molar-refractivity contribution in [1.82, 2.24) is 20.2 Å². The number of aromatic nitrogens is 4. The van der Waals surface area contributed by atoms with E-state index in [0.717, 1.165) is 21.0 Å². The molecule has 2 N–H and O–H groups in total. The van der Waals surface area contributed by atoms with Crippen molar-refractivity contribution in [3.63, 3.8) is 0 Å². The van der Waals surface area contributed by atoms with Crippen molar-refractivity contribution in [3.8, 4) is 0 Å². The Balaban J connectivity index is 1.88. The third-order valence-corrected chi connectivity index (χ3v) is 3.82. The number of aromatic amines is 1. The number of hydrogen-bond donors (Lipinski definition) is 2. The van der Waals surface area contributed by atoms with Crippen LogP contribution in [0, 0.1) is 0 Å². The first kappa shape index (κ1) is 13.8. The van der Waals surface area contributed by atoms with E-state index in [9.17, 15) is 4.79 Å². The monoisotopic (exact) mass is 319 g/mol. The Hall–Kier alpha value is -2.12. The molecule has 2 heterocycles. The van der Waals surface area contributed by atoms with Gasteiger partial charge in [0.05, 0.1) is 11.6 Å². The molecule has 0 spiro atoms. The number of hydrogen-bond acceptors (Lipinski definition) is 5. The Labute approximate surface area is 129 Å². The third-order valence-electron chi connectivity index (χ3n) is 2.64. The molecule has 6 nitrogen and oxygen atoms in total. The van der Waals surface area contributed by atoms with Crippen LogP contribution in [-0.4, -0.2) is 26.1 Å². The van der Waals surface area contributed by atoms with E-state index < -0.39 is 0 Å². The highest BCUT2D eigenvalue weighted by molar-refractivity contribution is 7.99. The number of benzene rings is 1. The molecule has 1 amide bonds. The van der Waals surface area contributed by atoms with Gasteiger partial charge >= 0.3 is 0 Å². The fraction of sp³-hybridized carbons (Fsp3) is 0.0769. The molecule has 0 fully saturated rings. The number of rotatable bonds is 3. The zero-order valence-corrected chi connectivity index (χ0v) is 12.5. The molecule has 8 heteroatoms. The van der Waals surface area contributed by atoms with Crippen LogP contribution in [0.2, 0.25) is 5.28 Å². The normalized spacial score (nSPS) is 10.8. The van der Waals surface area contributed by atoms with Crippen molar-refractivity contribution in [2.24, 2.45) is 0 Å². The summed E-state index contributed by atoms with van der Waals surface area (Å²) in [6.07, 6.45) is 1.67. The lowest BCUT2D eigenvalue weighted by molar-refractivity contribution is -0.114. The quantitative estimate of drug-likeness (QED) is 0.572. The summed E-state index contributed by atoms with van der Waals surface area (Å²) >= 11 is 7.35. The third kappa shape index (κ3) is 3.14. The van der Waals surface area contributed by atoms with Crippen molar-refractivity contribution < 1.29 is 4.79 Å². The Kier molecular flexibility index (Phi) is 3.76. The van der Waals surface area contributed by atoms with E-state index in [4.69, 9.17) is 11.6 Å². The van der Waals surface area contributed by atoms with Crippen LogP contribution in [0.15, 0.2) is 40.4 Å². The van der Waals surface area contributed by atoms with Gasteiger partial charge in [0.15, 0.2) is 5.65 Å². The van der Waals surface area contributed by atoms with E-state index in [-0.39, 0.29) is 11.2 Å². The summed E-state index contributed by atoms with van der Waals surface area (Å²) in [4.78, 5) is 20.2. The van der Waals surface area contributed by atoms with Gasteiger partial charge in [-0.15, -0.1) is 0 Å². The van der Waals surface area contributed by atoms with Crippen LogP contribution in [-0.2, 0) is 4.79 Å². The first-order valence-corrected chi connectivity index (χ1v) is 7.23. The predicted molar refractivity (Wildman–Crippen MR) is 81.6 cm³/mol. The molecule has 21 heavy (non-hydrogen) atoms. The van der Waals surface area contributed by atoms with Gasteiger partial charge in [-0.3, -0.25) is 9.89 Å². The Bertz CT molecular complexity index is 802. The fourth-order valence-electron chi connectivity index (χ4n) is 1.78. The molecule has 0 atom stereocenters. The van der Waals surface area contributed by atoms with Gasteiger partial charge in [-0.2, -0.15) is 10.1 Å². The molecule has 0 bridgehead atoms. The van der Waals surface area contributed by atoms with Crippen LogP contribution in [0.1, 0.15) is 6.92 Å². The zero-order chi connectivity index (χ0) is 14.8. The Morgan fingerprint density at radius 3 is 2.76 bits per heavy atom. The van der Waals surface area contributed by atoms with Gasteiger partial charge in [0, 0.05) is 17.5 Å². The van der Waals surface area contributed by atoms with Gasteiger partial charge in [-0.05, 0) is 35.9 Å². The molecule has 0 radical (unpaired) electrons. The highest BCUT2D eigenvalue weighted by Gasteiger charge is 2.10. The van der Waals surface area contributed by atoms with Gasteiger partial charge in [0.25, 0.3) is 0 Å². The Morgan fingerprint density at radius 2 is 2.05 bits per heavy atom. The molecule has 0 saturated carbocycles. The molecule has 0 aliphatic rings. The number of amides is 1. The minimum absolute atomic E-state index is 0.0990. The first-order valence-electron chi connectivity index (χ1n) is 6.04. The van der Waals surface area contributed by atoms with Gasteiger partial charge in [0.2, 0.25) is 11.2 Å². The van der Waals surface area contributed by atoms with Crippen molar-refractivity contribution in [1.29, 1.82) is 0 Å². The molecular weight excluding hydrogens is 310 g/mol. The van der Waals surface area contributed by atoms with Gasteiger partial charge in [-0.1, -0.05) is 11.8 Å². The van der Waals surface area contributed by atoms with Gasteiger partial charge in [0.1, 0.15) is 5.03 Å². The summed E-state index contributed by atoms with van der Waals surface area (Å²) in [5, 5.41) is 11.1. The molecule has 3 rings (SSSR count). The van der Waals surface area contributed by atoms with Crippen LogP contribution in [0.3, 0.4) is 0 Å². The van der Waals surface area contributed by atoms with E-state index in [1.807, 2.05) is 24.3 Å². The Morgan fingerprint density at radius 1 is 1.29 bits per heavy atom. The smallest absolute Gasteiger partial charge is 0.225 e. The van der Waals surface area contributed by atoms with E-state index in [0.29, 0.717) is 5.65 Å². The summed E-state index contributed by atoms with van der Waals surface area (Å²) in [6.45, 7) is 1.47. The molecule has 2 aromatic heterocycles. The topological polar surface area (TPSA) is 83.6 Å². The van der Waals surface area contributed by atoms with E-state index >= 15 is 0 Å². The molecule has 0 unspecified atom stereocenters. The van der Waals surface area contributed by atoms with Crippen LogP contribution >= 0.6 is 23.4 Å². The molecule has 0 aliphatic carbocycles. The van der Waals surface area contributed by atoms with Crippen LogP contribution in [0.4, 0.5) is 5.69 Å². The van der Waals surface area contributed by atoms with E-state index in [2.05, 4.69) is 25.5 Å². The summed E-state index contributed by atoms with van der Waals surface area (Å²) in [5.41, 5.74) is 1.35. The van der Waals surface area contributed by atoms with Crippen molar-refractivity contribution in [3.05, 3.63) is 35.7 Å². The lowest BCUT2D eigenvalue weighted by Gasteiger charge is -2.05. The summed E-state index contributed by atoms with van der Waals surface area (Å²) in [5.74, 6) is -0.0990. The molecule has 0 aliphatic heterocycles. The summed E-state index contributed by atoms with van der Waals surface area (Å²) < 4.78 is 0. The van der Waals surface area contributed by atoms with Crippen LogP contribution in [0.25, 0.3) is 11.0 Å². The van der Waals surface area contributed by atoms with Crippen LogP contribution in [0.5, 0.6) is 0 Å². The molecule has 3 aromatic rings. The molecule has 0 saturated heterocycles. The number of nitrogens with zero attached hydrogens (tertiary/aromatic N) is 3. The second-order valence-corrected chi connectivity index (χ2v) is 5.64. The average Bonchev–Trinajstić information content (AvgIpc) is 2.88. The molecule has 1 aromatic carbocycles. The second kappa shape index (κ2) is 5.71. The fourth-order valence-corrected chi connectivity index (χ4v) is 2.89. The maximum absolute atomic E-state index is 11.0. The zero-order valence-electron chi connectivity index (χ0n) is 10.9. The number of H-pyrrole nitrogens is 1. The minimum atomic E-state index is -0.0990. The average molecular weight is 320 g/mol. The van der Waals surface area contributed by atoms with Crippen molar-refractivity contribution in [2.45, 2.75) is 16.8 Å². The number of fused-ring (bicyclic) bond motifs is 1. The van der Waals surface area contributed by atoms with Crippen molar-refractivity contribution in [2.75, 3.05) is 5.32 Å². The number of halogens is 1. The highest BCUT2D eigenvalue weighted by atomic mass is 35.5. The first-order chi connectivity index (χ1) is 10.1. The van der Waals surface area contributed by atoms with E-state index in [1.165, 1.54) is 18.7 Å².